The van der Waals surface area contributed by atoms with Crippen LogP contribution in [0.2, 0.25) is 0 Å². The van der Waals surface area contributed by atoms with Crippen molar-refractivity contribution in [3.8, 4) is 0 Å². The van der Waals surface area contributed by atoms with Crippen LogP contribution in [0.25, 0.3) is 10.3 Å². The van der Waals surface area contributed by atoms with Gasteiger partial charge in [-0.25, -0.2) is 4.98 Å². The SMILES string of the molecule is Cn1c(C(C)(C)C)nc2ccsc21. The van der Waals surface area contributed by atoms with Crippen molar-refractivity contribution in [2.45, 2.75) is 26.2 Å². The minimum absolute atomic E-state index is 0.132. The summed E-state index contributed by atoms with van der Waals surface area (Å²) < 4.78 is 2.19. The van der Waals surface area contributed by atoms with Crippen molar-refractivity contribution < 1.29 is 0 Å². The molecule has 0 saturated heterocycles. The van der Waals surface area contributed by atoms with Gasteiger partial charge in [0.15, 0.2) is 0 Å². The first-order valence-electron chi connectivity index (χ1n) is 4.40. The van der Waals surface area contributed by atoms with E-state index >= 15 is 0 Å². The van der Waals surface area contributed by atoms with Crippen LogP contribution in [0.4, 0.5) is 0 Å². The van der Waals surface area contributed by atoms with Gasteiger partial charge in [0, 0.05) is 12.5 Å². The molecule has 0 aliphatic rings. The van der Waals surface area contributed by atoms with Gasteiger partial charge in [-0.3, -0.25) is 0 Å². The van der Waals surface area contributed by atoms with E-state index in [-0.39, 0.29) is 5.41 Å². The first-order valence-corrected chi connectivity index (χ1v) is 5.28. The van der Waals surface area contributed by atoms with Crippen molar-refractivity contribution in [1.29, 1.82) is 0 Å². The van der Waals surface area contributed by atoms with Gasteiger partial charge < -0.3 is 4.57 Å². The standard InChI is InChI=1S/C10H14N2S/c1-10(2,3)9-11-7-5-6-13-8(7)12(9)4/h5-6H,1-4H3. The van der Waals surface area contributed by atoms with Gasteiger partial charge >= 0.3 is 0 Å². The molecule has 0 N–H and O–H groups in total. The van der Waals surface area contributed by atoms with Crippen LogP contribution in [0.5, 0.6) is 0 Å². The monoisotopic (exact) mass is 194 g/mol. The van der Waals surface area contributed by atoms with Crippen LogP contribution in [0.3, 0.4) is 0 Å². The Morgan fingerprint density at radius 2 is 2.08 bits per heavy atom. The molecule has 0 aliphatic carbocycles. The van der Waals surface area contributed by atoms with Crippen LogP contribution in [-0.2, 0) is 12.5 Å². The van der Waals surface area contributed by atoms with Crippen LogP contribution in [0.15, 0.2) is 11.4 Å². The Labute approximate surface area is 82.2 Å². The van der Waals surface area contributed by atoms with Crippen molar-refractivity contribution in [2.24, 2.45) is 7.05 Å². The summed E-state index contributed by atoms with van der Waals surface area (Å²) in [6.45, 7) is 6.58. The van der Waals surface area contributed by atoms with E-state index in [9.17, 15) is 0 Å². The molecule has 13 heavy (non-hydrogen) atoms. The third-order valence-electron chi connectivity index (χ3n) is 2.14. The molecule has 3 heteroatoms. The van der Waals surface area contributed by atoms with Crippen LogP contribution in [-0.4, -0.2) is 9.55 Å². The number of nitrogens with zero attached hydrogens (tertiary/aromatic N) is 2. The number of aryl methyl sites for hydroxylation is 1. The molecular formula is C10H14N2S. The van der Waals surface area contributed by atoms with Gasteiger partial charge in [0.2, 0.25) is 0 Å². The molecular weight excluding hydrogens is 180 g/mol. The number of thiophene rings is 1. The Morgan fingerprint density at radius 1 is 1.38 bits per heavy atom. The van der Waals surface area contributed by atoms with Gasteiger partial charge in [-0.05, 0) is 11.4 Å². The zero-order chi connectivity index (χ0) is 9.64. The molecule has 0 atom stereocenters. The van der Waals surface area contributed by atoms with Crippen molar-refractivity contribution in [2.75, 3.05) is 0 Å². The summed E-state index contributed by atoms with van der Waals surface area (Å²) in [5.41, 5.74) is 1.26. The molecule has 0 aromatic carbocycles. The van der Waals surface area contributed by atoms with Gasteiger partial charge in [-0.1, -0.05) is 20.8 Å². The molecule has 0 spiro atoms. The van der Waals surface area contributed by atoms with E-state index < -0.39 is 0 Å². The highest BCUT2D eigenvalue weighted by molar-refractivity contribution is 7.16. The maximum Gasteiger partial charge on any atom is 0.122 e. The topological polar surface area (TPSA) is 17.8 Å². The minimum Gasteiger partial charge on any atom is -0.322 e. The molecule has 2 aromatic rings. The summed E-state index contributed by atoms with van der Waals surface area (Å²) in [6, 6.07) is 2.08. The summed E-state index contributed by atoms with van der Waals surface area (Å²) in [4.78, 5) is 5.89. The number of imidazole rings is 1. The van der Waals surface area contributed by atoms with Crippen molar-refractivity contribution >= 4 is 21.7 Å². The largest absolute Gasteiger partial charge is 0.322 e. The van der Waals surface area contributed by atoms with Gasteiger partial charge in [-0.2, -0.15) is 0 Å². The van der Waals surface area contributed by atoms with Crippen LogP contribution in [0.1, 0.15) is 26.6 Å². The maximum absolute atomic E-state index is 4.62. The highest BCUT2D eigenvalue weighted by Crippen LogP contribution is 2.27. The fourth-order valence-corrected chi connectivity index (χ4v) is 2.39. The molecule has 2 aromatic heterocycles. The molecule has 0 aliphatic heterocycles. The van der Waals surface area contributed by atoms with Crippen molar-refractivity contribution in [1.82, 2.24) is 9.55 Å². The van der Waals surface area contributed by atoms with E-state index in [1.54, 1.807) is 11.3 Å². The third-order valence-corrected chi connectivity index (χ3v) is 3.12. The molecule has 0 unspecified atom stereocenters. The van der Waals surface area contributed by atoms with Crippen molar-refractivity contribution in [3.63, 3.8) is 0 Å². The Hall–Kier alpha value is -0.830. The molecule has 0 bridgehead atoms. The second kappa shape index (κ2) is 2.58. The molecule has 2 heterocycles. The van der Waals surface area contributed by atoms with E-state index in [0.29, 0.717) is 0 Å². The minimum atomic E-state index is 0.132. The van der Waals surface area contributed by atoms with Gasteiger partial charge in [0.05, 0.1) is 5.52 Å². The predicted octanol–water partition coefficient (Wildman–Crippen LogP) is 2.93. The number of fused-ring (bicyclic) bond motifs is 1. The highest BCUT2D eigenvalue weighted by Gasteiger charge is 2.21. The quantitative estimate of drug-likeness (QED) is 0.630. The molecule has 2 rings (SSSR count). The molecule has 0 radical (unpaired) electrons. The first-order chi connectivity index (χ1) is 6.00. The molecule has 2 nitrogen and oxygen atoms in total. The summed E-state index contributed by atoms with van der Waals surface area (Å²) in [5, 5.41) is 2.09. The Bertz CT molecular complexity index is 431. The number of aromatic nitrogens is 2. The summed E-state index contributed by atoms with van der Waals surface area (Å²) in [7, 11) is 2.09. The van der Waals surface area contributed by atoms with Crippen molar-refractivity contribution in [3.05, 3.63) is 17.3 Å². The Balaban J connectivity index is 2.71. The average molecular weight is 194 g/mol. The fraction of sp³-hybridized carbons (Fsp3) is 0.500. The lowest BCUT2D eigenvalue weighted by Gasteiger charge is -2.17. The second-order valence-electron chi connectivity index (χ2n) is 4.36. The molecule has 70 valence electrons. The predicted molar refractivity (Wildman–Crippen MR) is 57.3 cm³/mol. The van der Waals surface area contributed by atoms with Crippen LogP contribution >= 0.6 is 11.3 Å². The maximum atomic E-state index is 4.62. The summed E-state index contributed by atoms with van der Waals surface area (Å²) in [6.07, 6.45) is 0. The Kier molecular flexibility index (Phi) is 1.74. The average Bonchev–Trinajstić information content (AvgIpc) is 2.51. The summed E-state index contributed by atoms with van der Waals surface area (Å²) in [5.74, 6) is 1.16. The van der Waals surface area contributed by atoms with E-state index in [1.165, 1.54) is 4.83 Å². The normalized spacial score (nSPS) is 12.6. The first kappa shape index (κ1) is 8.75. The fourth-order valence-electron chi connectivity index (χ4n) is 1.59. The zero-order valence-corrected chi connectivity index (χ0v) is 9.27. The number of hydrogen-bond donors (Lipinski definition) is 0. The van der Waals surface area contributed by atoms with E-state index in [1.807, 2.05) is 0 Å². The van der Waals surface area contributed by atoms with Crippen LogP contribution < -0.4 is 0 Å². The van der Waals surface area contributed by atoms with E-state index in [2.05, 4.69) is 48.8 Å². The zero-order valence-electron chi connectivity index (χ0n) is 8.46. The lowest BCUT2D eigenvalue weighted by Crippen LogP contribution is -2.17. The highest BCUT2D eigenvalue weighted by atomic mass is 32.1. The number of rotatable bonds is 0. The van der Waals surface area contributed by atoms with Gasteiger partial charge in [0.1, 0.15) is 10.7 Å². The molecule has 0 amide bonds. The number of hydrogen-bond acceptors (Lipinski definition) is 2. The van der Waals surface area contributed by atoms with E-state index in [0.717, 1.165) is 11.3 Å². The lowest BCUT2D eigenvalue weighted by atomic mass is 9.96. The van der Waals surface area contributed by atoms with E-state index in [4.69, 9.17) is 0 Å². The molecule has 0 saturated carbocycles. The summed E-state index contributed by atoms with van der Waals surface area (Å²) >= 11 is 1.75. The second-order valence-corrected chi connectivity index (χ2v) is 5.25. The lowest BCUT2D eigenvalue weighted by molar-refractivity contribution is 0.527. The van der Waals surface area contributed by atoms with Gasteiger partial charge in [-0.15, -0.1) is 11.3 Å². The molecule has 0 fully saturated rings. The van der Waals surface area contributed by atoms with Gasteiger partial charge in [0.25, 0.3) is 0 Å². The smallest absolute Gasteiger partial charge is 0.122 e. The third kappa shape index (κ3) is 1.27. The Morgan fingerprint density at radius 3 is 2.62 bits per heavy atom. The van der Waals surface area contributed by atoms with Crippen LogP contribution in [0, 0.1) is 0 Å².